The van der Waals surface area contributed by atoms with Crippen LogP contribution in [0.5, 0.6) is 0 Å². The van der Waals surface area contributed by atoms with Crippen molar-refractivity contribution >= 4 is 17.4 Å². The first kappa shape index (κ1) is 16.1. The highest BCUT2D eigenvalue weighted by molar-refractivity contribution is 7.98. The molecule has 6 heteroatoms. The predicted molar refractivity (Wildman–Crippen MR) is 94.9 cm³/mol. The number of hydrogen-bond donors (Lipinski definition) is 0. The van der Waals surface area contributed by atoms with Gasteiger partial charge in [-0.05, 0) is 24.6 Å². The second kappa shape index (κ2) is 7.23. The van der Waals surface area contributed by atoms with Gasteiger partial charge < -0.3 is 0 Å². The van der Waals surface area contributed by atoms with E-state index in [9.17, 15) is 10.1 Å². The van der Waals surface area contributed by atoms with E-state index in [4.69, 9.17) is 0 Å². The van der Waals surface area contributed by atoms with Gasteiger partial charge in [-0.1, -0.05) is 53.7 Å². The van der Waals surface area contributed by atoms with E-state index in [1.54, 1.807) is 23.9 Å². The fourth-order valence-electron chi connectivity index (χ4n) is 2.29. The fraction of sp³-hybridized carbons (Fsp3) is 0.111. The number of thioether (sulfide) groups is 1. The van der Waals surface area contributed by atoms with Crippen molar-refractivity contribution in [1.29, 1.82) is 0 Å². The van der Waals surface area contributed by atoms with Crippen LogP contribution in [0.15, 0.2) is 65.7 Å². The summed E-state index contributed by atoms with van der Waals surface area (Å²) in [4.78, 5) is 10.4. The van der Waals surface area contributed by atoms with Crippen molar-refractivity contribution < 1.29 is 4.92 Å². The van der Waals surface area contributed by atoms with Crippen LogP contribution in [-0.2, 0) is 5.75 Å². The van der Waals surface area contributed by atoms with Crippen LogP contribution in [0.1, 0.15) is 11.1 Å². The molecule has 0 radical (unpaired) electrons. The number of nitro benzene ring substituents is 1. The van der Waals surface area contributed by atoms with Gasteiger partial charge in [0.05, 0.1) is 10.6 Å². The highest BCUT2D eigenvalue weighted by Crippen LogP contribution is 2.25. The Bertz CT molecular complexity index is 866. The standard InChI is InChI=1S/C18H15N3O2S/c1-13-4-2-5-14(10-13)12-24-18-9-8-17(19-20-18)15-6-3-7-16(11-15)21(22)23/h2-11H,12H2,1H3. The Morgan fingerprint density at radius 1 is 1.04 bits per heavy atom. The lowest BCUT2D eigenvalue weighted by molar-refractivity contribution is -0.384. The van der Waals surface area contributed by atoms with Crippen molar-refractivity contribution in [2.75, 3.05) is 0 Å². The van der Waals surface area contributed by atoms with Crippen LogP contribution in [0, 0.1) is 17.0 Å². The number of hydrogen-bond acceptors (Lipinski definition) is 5. The molecule has 0 unspecified atom stereocenters. The molecule has 0 aliphatic rings. The van der Waals surface area contributed by atoms with E-state index in [1.165, 1.54) is 23.3 Å². The van der Waals surface area contributed by atoms with E-state index in [-0.39, 0.29) is 5.69 Å². The summed E-state index contributed by atoms with van der Waals surface area (Å²) in [5.74, 6) is 0.826. The van der Waals surface area contributed by atoms with E-state index in [0.717, 1.165) is 10.8 Å². The summed E-state index contributed by atoms with van der Waals surface area (Å²) in [7, 11) is 0. The Morgan fingerprint density at radius 3 is 2.58 bits per heavy atom. The molecule has 0 atom stereocenters. The minimum absolute atomic E-state index is 0.0483. The van der Waals surface area contributed by atoms with Gasteiger partial charge in [-0.2, -0.15) is 0 Å². The van der Waals surface area contributed by atoms with Crippen LogP contribution in [0.2, 0.25) is 0 Å². The zero-order valence-corrected chi connectivity index (χ0v) is 13.9. The van der Waals surface area contributed by atoms with Crippen LogP contribution in [-0.4, -0.2) is 15.1 Å². The van der Waals surface area contributed by atoms with Crippen molar-refractivity contribution in [3.8, 4) is 11.3 Å². The Hall–Kier alpha value is -2.73. The maximum absolute atomic E-state index is 10.8. The summed E-state index contributed by atoms with van der Waals surface area (Å²) < 4.78 is 0. The third-order valence-corrected chi connectivity index (χ3v) is 4.45. The lowest BCUT2D eigenvalue weighted by Gasteiger charge is -2.04. The SMILES string of the molecule is Cc1cccc(CSc2ccc(-c3cccc([N+](=O)[O-])c3)nn2)c1. The second-order valence-electron chi connectivity index (χ2n) is 5.34. The van der Waals surface area contributed by atoms with Crippen LogP contribution in [0.4, 0.5) is 5.69 Å². The summed E-state index contributed by atoms with van der Waals surface area (Å²) in [6.07, 6.45) is 0. The number of aryl methyl sites for hydroxylation is 1. The van der Waals surface area contributed by atoms with Gasteiger partial charge in [-0.25, -0.2) is 0 Å². The Labute approximate surface area is 143 Å². The molecule has 3 aromatic rings. The number of rotatable bonds is 5. The van der Waals surface area contributed by atoms with Crippen molar-refractivity contribution in [3.63, 3.8) is 0 Å². The number of nitrogens with zero attached hydrogens (tertiary/aromatic N) is 3. The minimum Gasteiger partial charge on any atom is -0.258 e. The van der Waals surface area contributed by atoms with Crippen LogP contribution in [0.3, 0.4) is 0 Å². The van der Waals surface area contributed by atoms with Gasteiger partial charge in [0, 0.05) is 23.4 Å². The molecule has 3 rings (SSSR count). The monoisotopic (exact) mass is 337 g/mol. The average molecular weight is 337 g/mol. The third kappa shape index (κ3) is 3.97. The van der Waals surface area contributed by atoms with Gasteiger partial charge in [-0.15, -0.1) is 10.2 Å². The van der Waals surface area contributed by atoms with E-state index >= 15 is 0 Å². The quantitative estimate of drug-likeness (QED) is 0.385. The lowest BCUT2D eigenvalue weighted by Crippen LogP contribution is -1.92. The van der Waals surface area contributed by atoms with E-state index in [1.807, 2.05) is 18.2 Å². The van der Waals surface area contributed by atoms with Crippen molar-refractivity contribution in [1.82, 2.24) is 10.2 Å². The summed E-state index contributed by atoms with van der Waals surface area (Å²) in [6, 6.07) is 18.5. The molecule has 120 valence electrons. The van der Waals surface area contributed by atoms with Crippen LogP contribution < -0.4 is 0 Å². The van der Waals surface area contributed by atoms with E-state index in [0.29, 0.717) is 11.3 Å². The molecule has 0 amide bonds. The molecular weight excluding hydrogens is 322 g/mol. The molecule has 0 aliphatic heterocycles. The van der Waals surface area contributed by atoms with Crippen molar-refractivity contribution in [2.24, 2.45) is 0 Å². The smallest absolute Gasteiger partial charge is 0.258 e. The molecule has 1 heterocycles. The van der Waals surface area contributed by atoms with Crippen LogP contribution >= 0.6 is 11.8 Å². The van der Waals surface area contributed by atoms with Crippen LogP contribution in [0.25, 0.3) is 11.3 Å². The molecule has 0 N–H and O–H groups in total. The predicted octanol–water partition coefficient (Wildman–Crippen LogP) is 4.65. The molecule has 2 aromatic carbocycles. The molecule has 0 spiro atoms. The third-order valence-electron chi connectivity index (χ3n) is 3.46. The van der Waals surface area contributed by atoms with Crippen molar-refractivity contribution in [3.05, 3.63) is 81.9 Å². The van der Waals surface area contributed by atoms with Gasteiger partial charge in [0.2, 0.25) is 0 Å². The fourth-order valence-corrected chi connectivity index (χ4v) is 3.05. The van der Waals surface area contributed by atoms with Crippen molar-refractivity contribution in [2.45, 2.75) is 17.7 Å². The largest absolute Gasteiger partial charge is 0.270 e. The topological polar surface area (TPSA) is 68.9 Å². The molecular formula is C18H15N3O2S. The molecule has 0 fully saturated rings. The number of benzene rings is 2. The maximum Gasteiger partial charge on any atom is 0.270 e. The zero-order valence-electron chi connectivity index (χ0n) is 13.0. The van der Waals surface area contributed by atoms with Gasteiger partial charge >= 0.3 is 0 Å². The molecule has 0 aliphatic carbocycles. The van der Waals surface area contributed by atoms with Gasteiger partial charge in [0.25, 0.3) is 5.69 Å². The first-order chi connectivity index (χ1) is 11.6. The molecule has 1 aromatic heterocycles. The normalized spacial score (nSPS) is 10.5. The Balaban J connectivity index is 1.71. The molecule has 0 saturated carbocycles. The summed E-state index contributed by atoms with van der Waals surface area (Å²) in [5, 5.41) is 20.1. The van der Waals surface area contributed by atoms with Gasteiger partial charge in [0.15, 0.2) is 0 Å². The van der Waals surface area contributed by atoms with E-state index < -0.39 is 4.92 Å². The summed E-state index contributed by atoms with van der Waals surface area (Å²) in [5.41, 5.74) is 3.84. The first-order valence-electron chi connectivity index (χ1n) is 7.39. The maximum atomic E-state index is 10.8. The van der Waals surface area contributed by atoms with Gasteiger partial charge in [0.1, 0.15) is 5.03 Å². The number of nitro groups is 1. The summed E-state index contributed by atoms with van der Waals surface area (Å²) >= 11 is 1.61. The Kier molecular flexibility index (Phi) is 4.86. The number of non-ortho nitro benzene ring substituents is 1. The van der Waals surface area contributed by atoms with Gasteiger partial charge in [-0.3, -0.25) is 10.1 Å². The average Bonchev–Trinajstić information content (AvgIpc) is 2.60. The molecule has 0 saturated heterocycles. The highest BCUT2D eigenvalue weighted by atomic mass is 32.2. The summed E-state index contributed by atoms with van der Waals surface area (Å²) in [6.45, 7) is 2.07. The molecule has 24 heavy (non-hydrogen) atoms. The minimum atomic E-state index is -0.414. The zero-order chi connectivity index (χ0) is 16.9. The molecule has 0 bridgehead atoms. The second-order valence-corrected chi connectivity index (χ2v) is 6.34. The lowest BCUT2D eigenvalue weighted by atomic mass is 10.1. The Morgan fingerprint density at radius 2 is 1.88 bits per heavy atom. The highest BCUT2D eigenvalue weighted by Gasteiger charge is 2.08. The van der Waals surface area contributed by atoms with E-state index in [2.05, 4.69) is 35.3 Å². The number of aromatic nitrogens is 2. The molecule has 5 nitrogen and oxygen atoms in total. The first-order valence-corrected chi connectivity index (χ1v) is 8.37.